The predicted octanol–water partition coefficient (Wildman–Crippen LogP) is 4.30. The molecule has 0 saturated heterocycles. The van der Waals surface area contributed by atoms with Gasteiger partial charge in [0.25, 0.3) is 0 Å². The summed E-state index contributed by atoms with van der Waals surface area (Å²) in [5.74, 6) is 0.806. The second-order valence-corrected chi connectivity index (χ2v) is 4.74. The van der Waals surface area contributed by atoms with Crippen LogP contribution in [-0.4, -0.2) is 19.3 Å². The summed E-state index contributed by atoms with van der Waals surface area (Å²) in [7, 11) is 0. The largest absolute Gasteiger partial charge is 0.494 e. The lowest BCUT2D eigenvalue weighted by Gasteiger charge is -2.09. The molecule has 0 aromatic heterocycles. The Morgan fingerprint density at radius 3 is 2.40 bits per heavy atom. The van der Waals surface area contributed by atoms with Crippen molar-refractivity contribution in [1.29, 1.82) is 0 Å². The van der Waals surface area contributed by atoms with E-state index in [1.165, 1.54) is 0 Å². The zero-order valence-electron chi connectivity index (χ0n) is 11.8. The SMILES string of the molecule is CCCCCOc1ccc(CNCCC(F)(F)F)cc1. The van der Waals surface area contributed by atoms with Crippen molar-refractivity contribution in [2.45, 2.75) is 45.3 Å². The van der Waals surface area contributed by atoms with Gasteiger partial charge in [0.05, 0.1) is 13.0 Å². The van der Waals surface area contributed by atoms with Crippen LogP contribution in [0.5, 0.6) is 5.75 Å². The lowest BCUT2D eigenvalue weighted by atomic mass is 10.2. The molecule has 0 aliphatic carbocycles. The Hall–Kier alpha value is -1.23. The van der Waals surface area contributed by atoms with E-state index in [1.807, 2.05) is 24.3 Å². The smallest absolute Gasteiger partial charge is 0.390 e. The molecule has 2 nitrogen and oxygen atoms in total. The Balaban J connectivity index is 2.21. The molecule has 0 spiro atoms. The third-order valence-corrected chi connectivity index (χ3v) is 2.85. The van der Waals surface area contributed by atoms with Crippen molar-refractivity contribution in [2.75, 3.05) is 13.2 Å². The molecule has 5 heteroatoms. The van der Waals surface area contributed by atoms with E-state index >= 15 is 0 Å². The molecule has 0 saturated carbocycles. The Labute approximate surface area is 118 Å². The van der Waals surface area contributed by atoms with Gasteiger partial charge in [-0.25, -0.2) is 0 Å². The summed E-state index contributed by atoms with van der Waals surface area (Å²) in [5, 5.41) is 2.78. The fraction of sp³-hybridized carbons (Fsp3) is 0.600. The van der Waals surface area contributed by atoms with Crippen molar-refractivity contribution in [3.63, 3.8) is 0 Å². The fourth-order valence-corrected chi connectivity index (χ4v) is 1.71. The summed E-state index contributed by atoms with van der Waals surface area (Å²) in [6.07, 6.45) is -1.54. The number of hydrogen-bond donors (Lipinski definition) is 1. The molecule has 1 aromatic rings. The Kier molecular flexibility index (Phi) is 7.44. The molecule has 0 atom stereocenters. The molecule has 1 N–H and O–H groups in total. The fourth-order valence-electron chi connectivity index (χ4n) is 1.71. The number of halogens is 3. The van der Waals surface area contributed by atoms with Crippen LogP contribution in [0.15, 0.2) is 24.3 Å². The van der Waals surface area contributed by atoms with Crippen LogP contribution in [0.25, 0.3) is 0 Å². The minimum absolute atomic E-state index is 0.0568. The van der Waals surface area contributed by atoms with Crippen LogP contribution in [0.3, 0.4) is 0 Å². The highest BCUT2D eigenvalue weighted by molar-refractivity contribution is 5.27. The maximum absolute atomic E-state index is 12.0. The summed E-state index contributed by atoms with van der Waals surface area (Å²) in [5.41, 5.74) is 0.952. The zero-order chi connectivity index (χ0) is 14.8. The van der Waals surface area contributed by atoms with Gasteiger partial charge in [0, 0.05) is 13.1 Å². The van der Waals surface area contributed by atoms with E-state index in [2.05, 4.69) is 12.2 Å². The van der Waals surface area contributed by atoms with Crippen molar-refractivity contribution < 1.29 is 17.9 Å². The number of rotatable bonds is 9. The van der Waals surface area contributed by atoms with Crippen LogP contribution in [0.1, 0.15) is 38.2 Å². The van der Waals surface area contributed by atoms with Gasteiger partial charge in [-0.1, -0.05) is 31.9 Å². The van der Waals surface area contributed by atoms with Crippen LogP contribution in [0, 0.1) is 0 Å². The third kappa shape index (κ3) is 8.04. The van der Waals surface area contributed by atoms with Gasteiger partial charge in [0.2, 0.25) is 0 Å². The number of unbranched alkanes of at least 4 members (excludes halogenated alkanes) is 2. The van der Waals surface area contributed by atoms with E-state index in [4.69, 9.17) is 4.74 Å². The first-order valence-corrected chi connectivity index (χ1v) is 7.00. The first kappa shape index (κ1) is 16.8. The molecule has 0 amide bonds. The number of hydrogen-bond acceptors (Lipinski definition) is 2. The van der Waals surface area contributed by atoms with E-state index in [0.29, 0.717) is 13.2 Å². The maximum Gasteiger partial charge on any atom is 0.390 e. The molecule has 0 radical (unpaired) electrons. The van der Waals surface area contributed by atoms with Crippen LogP contribution in [0.4, 0.5) is 13.2 Å². The molecule has 20 heavy (non-hydrogen) atoms. The molecule has 0 bridgehead atoms. The second-order valence-electron chi connectivity index (χ2n) is 4.74. The molecule has 0 aliphatic heterocycles. The van der Waals surface area contributed by atoms with E-state index in [0.717, 1.165) is 30.6 Å². The Morgan fingerprint density at radius 1 is 1.10 bits per heavy atom. The Morgan fingerprint density at radius 2 is 1.80 bits per heavy atom. The normalized spacial score (nSPS) is 11.6. The van der Waals surface area contributed by atoms with E-state index in [1.54, 1.807) is 0 Å². The monoisotopic (exact) mass is 289 g/mol. The zero-order valence-corrected chi connectivity index (χ0v) is 11.8. The highest BCUT2D eigenvalue weighted by Crippen LogP contribution is 2.18. The van der Waals surface area contributed by atoms with Gasteiger partial charge in [-0.3, -0.25) is 0 Å². The molecule has 0 unspecified atom stereocenters. The van der Waals surface area contributed by atoms with Crippen molar-refractivity contribution in [1.82, 2.24) is 5.32 Å². The average molecular weight is 289 g/mol. The van der Waals surface area contributed by atoms with Crippen molar-refractivity contribution in [3.8, 4) is 5.75 Å². The number of nitrogens with one attached hydrogen (secondary N) is 1. The van der Waals surface area contributed by atoms with Crippen LogP contribution in [-0.2, 0) is 6.54 Å². The molecule has 0 fully saturated rings. The van der Waals surface area contributed by atoms with E-state index < -0.39 is 12.6 Å². The summed E-state index contributed by atoms with van der Waals surface area (Å²) in [6, 6.07) is 7.45. The first-order chi connectivity index (χ1) is 9.51. The maximum atomic E-state index is 12.0. The molecule has 0 heterocycles. The highest BCUT2D eigenvalue weighted by atomic mass is 19.4. The number of ether oxygens (including phenoxy) is 1. The molecule has 1 aromatic carbocycles. The van der Waals surface area contributed by atoms with Gasteiger partial charge in [-0.15, -0.1) is 0 Å². The minimum atomic E-state index is -4.09. The second kappa shape index (κ2) is 8.84. The van der Waals surface area contributed by atoms with Crippen LogP contribution in [0.2, 0.25) is 0 Å². The molecule has 0 aliphatic rings. The minimum Gasteiger partial charge on any atom is -0.494 e. The van der Waals surface area contributed by atoms with Gasteiger partial charge < -0.3 is 10.1 Å². The van der Waals surface area contributed by atoms with Crippen LogP contribution >= 0.6 is 0 Å². The van der Waals surface area contributed by atoms with Crippen molar-refractivity contribution in [3.05, 3.63) is 29.8 Å². The highest BCUT2D eigenvalue weighted by Gasteiger charge is 2.25. The van der Waals surface area contributed by atoms with E-state index in [-0.39, 0.29) is 6.54 Å². The molecule has 114 valence electrons. The van der Waals surface area contributed by atoms with Gasteiger partial charge >= 0.3 is 6.18 Å². The summed E-state index contributed by atoms with van der Waals surface area (Å²) in [4.78, 5) is 0. The summed E-state index contributed by atoms with van der Waals surface area (Å²) < 4.78 is 41.4. The van der Waals surface area contributed by atoms with Gasteiger partial charge in [0.15, 0.2) is 0 Å². The van der Waals surface area contributed by atoms with E-state index in [9.17, 15) is 13.2 Å². The summed E-state index contributed by atoms with van der Waals surface area (Å²) >= 11 is 0. The molecular formula is C15H22F3NO. The first-order valence-electron chi connectivity index (χ1n) is 7.00. The predicted molar refractivity (Wildman–Crippen MR) is 73.8 cm³/mol. The summed E-state index contributed by atoms with van der Waals surface area (Å²) in [6.45, 7) is 3.22. The van der Waals surface area contributed by atoms with Gasteiger partial charge in [0.1, 0.15) is 5.75 Å². The molecular weight excluding hydrogens is 267 g/mol. The average Bonchev–Trinajstić information content (AvgIpc) is 2.40. The lowest BCUT2D eigenvalue weighted by Crippen LogP contribution is -2.21. The van der Waals surface area contributed by atoms with Crippen molar-refractivity contribution in [2.24, 2.45) is 0 Å². The third-order valence-electron chi connectivity index (χ3n) is 2.85. The van der Waals surface area contributed by atoms with Gasteiger partial charge in [-0.2, -0.15) is 13.2 Å². The van der Waals surface area contributed by atoms with Gasteiger partial charge in [-0.05, 0) is 24.1 Å². The topological polar surface area (TPSA) is 21.3 Å². The Bertz CT molecular complexity index is 362. The standard InChI is InChI=1S/C15H22F3NO/c1-2-3-4-11-20-14-7-5-13(6-8-14)12-19-10-9-15(16,17)18/h5-8,19H,2-4,9-12H2,1H3. The van der Waals surface area contributed by atoms with Crippen LogP contribution < -0.4 is 10.1 Å². The quantitative estimate of drug-likeness (QED) is 0.684. The number of alkyl halides is 3. The molecule has 1 rings (SSSR count). The van der Waals surface area contributed by atoms with Crippen molar-refractivity contribution >= 4 is 0 Å². The lowest BCUT2D eigenvalue weighted by molar-refractivity contribution is -0.133. The number of benzene rings is 1.